The van der Waals surface area contributed by atoms with Crippen LogP contribution in [-0.2, 0) is 16.4 Å². The topological polar surface area (TPSA) is 55.4 Å². The first-order chi connectivity index (χ1) is 8.67. The largest absolute Gasteiger partial charge is 0.496 e. The number of rotatable bonds is 6. The molecular formula is C13H20ClNO3S. The molecule has 0 unspecified atom stereocenters. The maximum atomic E-state index is 11.6. The van der Waals surface area contributed by atoms with Gasteiger partial charge in [-0.15, -0.1) is 0 Å². The Morgan fingerprint density at radius 2 is 2.00 bits per heavy atom. The molecule has 108 valence electrons. The Morgan fingerprint density at radius 1 is 1.37 bits per heavy atom. The van der Waals surface area contributed by atoms with Gasteiger partial charge in [0.1, 0.15) is 5.75 Å². The van der Waals surface area contributed by atoms with Gasteiger partial charge in [0.05, 0.1) is 11.9 Å². The summed E-state index contributed by atoms with van der Waals surface area (Å²) >= 11 is 5.94. The maximum absolute atomic E-state index is 11.6. The van der Waals surface area contributed by atoms with Gasteiger partial charge in [-0.25, -0.2) is 8.42 Å². The van der Waals surface area contributed by atoms with Crippen molar-refractivity contribution in [1.82, 2.24) is 5.32 Å². The molecule has 19 heavy (non-hydrogen) atoms. The Hall–Kier alpha value is -0.780. The highest BCUT2D eigenvalue weighted by Gasteiger charge is 2.29. The van der Waals surface area contributed by atoms with Crippen LogP contribution in [0.5, 0.6) is 5.75 Å². The fraction of sp³-hybridized carbons (Fsp3) is 0.538. The van der Waals surface area contributed by atoms with Crippen molar-refractivity contribution in [2.75, 3.05) is 19.9 Å². The first kappa shape index (κ1) is 16.3. The summed E-state index contributed by atoms with van der Waals surface area (Å²) in [5.74, 6) is 0.731. The van der Waals surface area contributed by atoms with Crippen LogP contribution < -0.4 is 10.1 Å². The van der Waals surface area contributed by atoms with Crippen LogP contribution in [0.3, 0.4) is 0 Å². The second kappa shape index (κ2) is 6.11. The molecule has 0 radical (unpaired) electrons. The third-order valence-electron chi connectivity index (χ3n) is 3.11. The molecule has 1 rings (SSSR count). The highest BCUT2D eigenvalue weighted by Crippen LogP contribution is 2.22. The molecule has 1 aromatic carbocycles. The predicted molar refractivity (Wildman–Crippen MR) is 78.6 cm³/mol. The zero-order valence-corrected chi connectivity index (χ0v) is 13.2. The number of benzene rings is 1. The van der Waals surface area contributed by atoms with Crippen molar-refractivity contribution >= 4 is 21.4 Å². The standard InChI is InChI=1S/C13H20ClNO3S/c1-13(2,19(4,16)17)9-15-8-10-7-11(14)5-6-12(10)18-3/h5-7,15H,8-9H2,1-4H3. The minimum atomic E-state index is -3.10. The Balaban J connectivity index is 2.71. The monoisotopic (exact) mass is 305 g/mol. The fourth-order valence-electron chi connectivity index (χ4n) is 1.51. The van der Waals surface area contributed by atoms with Gasteiger partial charge in [0.2, 0.25) is 0 Å². The number of ether oxygens (including phenoxy) is 1. The van der Waals surface area contributed by atoms with Gasteiger partial charge in [-0.3, -0.25) is 0 Å². The van der Waals surface area contributed by atoms with E-state index < -0.39 is 14.6 Å². The van der Waals surface area contributed by atoms with E-state index in [-0.39, 0.29) is 0 Å². The summed E-state index contributed by atoms with van der Waals surface area (Å²) in [4.78, 5) is 0. The average Bonchev–Trinajstić information content (AvgIpc) is 2.27. The van der Waals surface area contributed by atoms with Crippen molar-refractivity contribution in [3.8, 4) is 5.75 Å². The summed E-state index contributed by atoms with van der Waals surface area (Å²) in [6.45, 7) is 4.26. The molecule has 0 aromatic heterocycles. The molecule has 0 spiro atoms. The fourth-order valence-corrected chi connectivity index (χ4v) is 2.07. The Morgan fingerprint density at radius 3 is 2.53 bits per heavy atom. The molecule has 4 nitrogen and oxygen atoms in total. The van der Waals surface area contributed by atoms with E-state index in [1.807, 2.05) is 0 Å². The van der Waals surface area contributed by atoms with Gasteiger partial charge < -0.3 is 10.1 Å². The molecule has 0 saturated carbocycles. The van der Waals surface area contributed by atoms with E-state index in [0.717, 1.165) is 11.3 Å². The van der Waals surface area contributed by atoms with Gasteiger partial charge >= 0.3 is 0 Å². The summed E-state index contributed by atoms with van der Waals surface area (Å²) < 4.78 is 27.6. The normalized spacial score (nSPS) is 12.5. The van der Waals surface area contributed by atoms with Gasteiger partial charge in [-0.2, -0.15) is 0 Å². The molecule has 0 fully saturated rings. The molecule has 0 aliphatic heterocycles. The van der Waals surface area contributed by atoms with E-state index in [1.54, 1.807) is 39.2 Å². The molecule has 0 bridgehead atoms. The molecule has 0 aliphatic carbocycles. The molecule has 1 aromatic rings. The second-order valence-corrected chi connectivity index (χ2v) is 8.18. The lowest BCUT2D eigenvalue weighted by molar-refractivity contribution is 0.407. The lowest BCUT2D eigenvalue weighted by Gasteiger charge is -2.23. The van der Waals surface area contributed by atoms with Crippen LogP contribution in [0.2, 0.25) is 5.02 Å². The predicted octanol–water partition coefficient (Wildman–Crippen LogP) is 2.26. The van der Waals surface area contributed by atoms with Crippen LogP contribution >= 0.6 is 11.6 Å². The minimum absolute atomic E-state index is 0.363. The molecule has 0 amide bonds. The van der Waals surface area contributed by atoms with E-state index in [1.165, 1.54) is 6.26 Å². The van der Waals surface area contributed by atoms with Crippen molar-refractivity contribution in [1.29, 1.82) is 0 Å². The number of halogens is 1. The summed E-state index contributed by atoms with van der Waals surface area (Å²) in [6.07, 6.45) is 1.24. The van der Waals surface area contributed by atoms with E-state index in [4.69, 9.17) is 16.3 Å². The molecule has 0 atom stereocenters. The summed E-state index contributed by atoms with van der Waals surface area (Å²) in [6, 6.07) is 5.35. The third-order valence-corrected chi connectivity index (χ3v) is 5.50. The Bertz CT molecular complexity index is 541. The van der Waals surface area contributed by atoms with Crippen LogP contribution in [0.15, 0.2) is 18.2 Å². The van der Waals surface area contributed by atoms with Gasteiger partial charge in [0.15, 0.2) is 9.84 Å². The smallest absolute Gasteiger partial charge is 0.153 e. The zero-order valence-electron chi connectivity index (χ0n) is 11.7. The zero-order chi connectivity index (χ0) is 14.7. The average molecular weight is 306 g/mol. The summed E-state index contributed by atoms with van der Waals surface area (Å²) in [5, 5.41) is 3.76. The number of methoxy groups -OCH3 is 1. The maximum Gasteiger partial charge on any atom is 0.153 e. The van der Waals surface area contributed by atoms with Crippen LogP contribution in [0.4, 0.5) is 0 Å². The van der Waals surface area contributed by atoms with Gasteiger partial charge in [0.25, 0.3) is 0 Å². The summed E-state index contributed by atoms with van der Waals surface area (Å²) in [5.41, 5.74) is 0.902. The SMILES string of the molecule is COc1ccc(Cl)cc1CNCC(C)(C)S(C)(=O)=O. The number of hydrogen-bond donors (Lipinski definition) is 1. The first-order valence-electron chi connectivity index (χ1n) is 5.90. The molecule has 0 aliphatic rings. The van der Waals surface area contributed by atoms with Gasteiger partial charge in [-0.1, -0.05) is 11.6 Å². The Labute approximate surface area is 120 Å². The lowest BCUT2D eigenvalue weighted by Crippen LogP contribution is -2.41. The Kier molecular flexibility index (Phi) is 5.24. The quantitative estimate of drug-likeness (QED) is 0.876. The van der Waals surface area contributed by atoms with Crippen molar-refractivity contribution in [2.45, 2.75) is 25.1 Å². The van der Waals surface area contributed by atoms with Crippen molar-refractivity contribution in [2.24, 2.45) is 0 Å². The van der Waals surface area contributed by atoms with E-state index in [9.17, 15) is 8.42 Å². The van der Waals surface area contributed by atoms with Crippen LogP contribution in [0.1, 0.15) is 19.4 Å². The molecule has 1 N–H and O–H groups in total. The molecule has 0 heterocycles. The number of hydrogen-bond acceptors (Lipinski definition) is 4. The summed E-state index contributed by atoms with van der Waals surface area (Å²) in [7, 11) is -1.51. The molecule has 6 heteroatoms. The van der Waals surface area contributed by atoms with Crippen molar-refractivity contribution in [3.05, 3.63) is 28.8 Å². The molecule has 0 saturated heterocycles. The van der Waals surface area contributed by atoms with E-state index in [0.29, 0.717) is 18.1 Å². The van der Waals surface area contributed by atoms with Crippen LogP contribution in [-0.4, -0.2) is 33.1 Å². The van der Waals surface area contributed by atoms with Crippen molar-refractivity contribution < 1.29 is 13.2 Å². The highest BCUT2D eigenvalue weighted by molar-refractivity contribution is 7.92. The second-order valence-electron chi connectivity index (χ2n) is 5.09. The highest BCUT2D eigenvalue weighted by atomic mass is 35.5. The molecular weight excluding hydrogens is 286 g/mol. The third kappa shape index (κ3) is 4.37. The van der Waals surface area contributed by atoms with Crippen LogP contribution in [0.25, 0.3) is 0 Å². The number of sulfone groups is 1. The van der Waals surface area contributed by atoms with E-state index >= 15 is 0 Å². The van der Waals surface area contributed by atoms with E-state index in [2.05, 4.69) is 5.32 Å². The van der Waals surface area contributed by atoms with Crippen LogP contribution in [0, 0.1) is 0 Å². The number of nitrogens with one attached hydrogen (secondary N) is 1. The van der Waals surface area contributed by atoms with Gasteiger partial charge in [0, 0.05) is 29.9 Å². The first-order valence-corrected chi connectivity index (χ1v) is 8.17. The van der Waals surface area contributed by atoms with Gasteiger partial charge in [-0.05, 0) is 32.0 Å². The van der Waals surface area contributed by atoms with Crippen molar-refractivity contribution in [3.63, 3.8) is 0 Å². The minimum Gasteiger partial charge on any atom is -0.496 e. The lowest BCUT2D eigenvalue weighted by atomic mass is 10.1.